The van der Waals surface area contributed by atoms with E-state index in [9.17, 15) is 9.59 Å². The molecule has 1 rings (SSSR count). The van der Waals surface area contributed by atoms with E-state index in [1.807, 2.05) is 0 Å². The number of carbonyl (C=O) groups is 1. The summed E-state index contributed by atoms with van der Waals surface area (Å²) in [6, 6.07) is 1.39. The van der Waals surface area contributed by atoms with Crippen LogP contribution in [-0.2, 0) is 9.53 Å². The first-order chi connectivity index (χ1) is 6.74. The summed E-state index contributed by atoms with van der Waals surface area (Å²) in [7, 11) is 0. The van der Waals surface area contributed by atoms with Crippen molar-refractivity contribution in [3.8, 4) is 0 Å². The monoisotopic (exact) mass is 193 g/mol. The maximum absolute atomic E-state index is 11.2. The third-order valence-corrected chi connectivity index (χ3v) is 1.54. The van der Waals surface area contributed by atoms with Crippen LogP contribution < -0.4 is 5.43 Å². The second-order valence-corrected chi connectivity index (χ2v) is 2.55. The molecule has 0 amide bonds. The van der Waals surface area contributed by atoms with Crippen LogP contribution in [-0.4, -0.2) is 17.6 Å². The highest BCUT2D eigenvalue weighted by Gasteiger charge is 1.95. The number of pyridine rings is 1. The van der Waals surface area contributed by atoms with Crippen molar-refractivity contribution in [3.63, 3.8) is 0 Å². The molecule has 0 aliphatic rings. The minimum absolute atomic E-state index is 0.135. The molecule has 4 heteroatoms. The fourth-order valence-electron chi connectivity index (χ4n) is 0.907. The van der Waals surface area contributed by atoms with Gasteiger partial charge in [0.25, 0.3) is 0 Å². The molecule has 0 saturated heterocycles. The van der Waals surface area contributed by atoms with E-state index < -0.39 is 5.97 Å². The molecule has 0 aliphatic carbocycles. The van der Waals surface area contributed by atoms with Gasteiger partial charge in [-0.2, -0.15) is 0 Å². The molecule has 1 aromatic heterocycles. The highest BCUT2D eigenvalue weighted by Crippen LogP contribution is 1.92. The number of nitrogens with one attached hydrogen (secondary N) is 1. The van der Waals surface area contributed by atoms with E-state index in [4.69, 9.17) is 0 Å². The van der Waals surface area contributed by atoms with Gasteiger partial charge in [0.2, 0.25) is 0 Å². The van der Waals surface area contributed by atoms with E-state index in [1.165, 1.54) is 30.6 Å². The number of hydrogen-bond acceptors (Lipinski definition) is 3. The number of H-pyrrole nitrogens is 1. The Hall–Kier alpha value is -1.84. The zero-order chi connectivity index (χ0) is 10.4. The van der Waals surface area contributed by atoms with Gasteiger partial charge in [-0.3, -0.25) is 4.79 Å². The summed E-state index contributed by atoms with van der Waals surface area (Å²) < 4.78 is 4.67. The van der Waals surface area contributed by atoms with E-state index in [0.717, 1.165) is 0 Å². The van der Waals surface area contributed by atoms with Gasteiger partial charge >= 0.3 is 5.97 Å². The van der Waals surface area contributed by atoms with Gasteiger partial charge in [-0.1, -0.05) is 0 Å². The Morgan fingerprint density at radius 3 is 3.07 bits per heavy atom. The van der Waals surface area contributed by atoms with Gasteiger partial charge in [0, 0.05) is 30.1 Å². The average Bonchev–Trinajstić information content (AvgIpc) is 2.17. The zero-order valence-corrected chi connectivity index (χ0v) is 7.82. The minimum atomic E-state index is -0.448. The summed E-state index contributed by atoms with van der Waals surface area (Å²) in [5.41, 5.74) is 0.296. The molecule has 0 fully saturated rings. The van der Waals surface area contributed by atoms with Crippen molar-refractivity contribution in [2.45, 2.75) is 6.92 Å². The maximum atomic E-state index is 11.2. The molecule has 0 aromatic carbocycles. The highest BCUT2D eigenvalue weighted by atomic mass is 16.5. The van der Waals surface area contributed by atoms with Gasteiger partial charge < -0.3 is 9.72 Å². The van der Waals surface area contributed by atoms with Crippen molar-refractivity contribution in [2.24, 2.45) is 0 Å². The summed E-state index contributed by atoms with van der Waals surface area (Å²) in [6.45, 7) is 2.05. The molecule has 1 aromatic rings. The Labute approximate surface area is 81.2 Å². The van der Waals surface area contributed by atoms with E-state index in [-0.39, 0.29) is 5.43 Å². The van der Waals surface area contributed by atoms with E-state index >= 15 is 0 Å². The first-order valence-corrected chi connectivity index (χ1v) is 4.26. The number of carbonyl (C=O) groups excluding carboxylic acids is 1. The second-order valence-electron chi connectivity index (χ2n) is 2.55. The zero-order valence-electron chi connectivity index (χ0n) is 7.82. The molecule has 0 bridgehead atoms. The van der Waals surface area contributed by atoms with Crippen LogP contribution in [0.15, 0.2) is 29.3 Å². The molecular weight excluding hydrogens is 182 g/mol. The second kappa shape index (κ2) is 5.01. The molecule has 0 saturated carbocycles. The fraction of sp³-hybridized carbons (Fsp3) is 0.200. The average molecular weight is 193 g/mol. The molecule has 1 N–H and O–H groups in total. The smallest absolute Gasteiger partial charge is 0.330 e. The van der Waals surface area contributed by atoms with Gasteiger partial charge in [-0.25, -0.2) is 4.79 Å². The predicted octanol–water partition coefficient (Wildman–Crippen LogP) is 0.951. The maximum Gasteiger partial charge on any atom is 0.330 e. The quantitative estimate of drug-likeness (QED) is 0.574. The molecule has 0 spiro atoms. The lowest BCUT2D eigenvalue weighted by atomic mass is 10.2. The van der Waals surface area contributed by atoms with Crippen molar-refractivity contribution in [1.29, 1.82) is 0 Å². The van der Waals surface area contributed by atoms with Crippen LogP contribution in [0.5, 0.6) is 0 Å². The fourth-order valence-corrected chi connectivity index (χ4v) is 0.907. The lowest BCUT2D eigenvalue weighted by Crippen LogP contribution is -2.04. The molecule has 1 heterocycles. The Morgan fingerprint density at radius 1 is 1.64 bits per heavy atom. The molecule has 14 heavy (non-hydrogen) atoms. The summed E-state index contributed by atoms with van der Waals surface area (Å²) >= 11 is 0. The molecule has 0 unspecified atom stereocenters. The third kappa shape index (κ3) is 2.90. The Balaban J connectivity index is 2.74. The first kappa shape index (κ1) is 10.2. The predicted molar refractivity (Wildman–Crippen MR) is 52.7 cm³/mol. The minimum Gasteiger partial charge on any atom is -0.463 e. The van der Waals surface area contributed by atoms with Crippen LogP contribution >= 0.6 is 0 Å². The summed E-state index contributed by atoms with van der Waals surface area (Å²) in [5, 5.41) is 0. The third-order valence-electron chi connectivity index (χ3n) is 1.54. The van der Waals surface area contributed by atoms with Crippen LogP contribution in [0.2, 0.25) is 0 Å². The number of aromatic amines is 1. The number of esters is 1. The van der Waals surface area contributed by atoms with Crippen molar-refractivity contribution < 1.29 is 9.53 Å². The summed E-state index contributed by atoms with van der Waals surface area (Å²) in [6.07, 6.45) is 5.72. The van der Waals surface area contributed by atoms with Crippen LogP contribution in [0.3, 0.4) is 0 Å². The van der Waals surface area contributed by atoms with Gasteiger partial charge in [-0.05, 0) is 13.0 Å². The van der Waals surface area contributed by atoms with E-state index in [1.54, 1.807) is 6.92 Å². The summed E-state index contributed by atoms with van der Waals surface area (Å²) in [4.78, 5) is 24.8. The first-order valence-electron chi connectivity index (χ1n) is 4.26. The number of aromatic nitrogens is 1. The lowest BCUT2D eigenvalue weighted by molar-refractivity contribution is -0.137. The van der Waals surface area contributed by atoms with Crippen molar-refractivity contribution >= 4 is 12.0 Å². The SMILES string of the molecule is CCOC(=O)C=Cc1c[nH]ccc1=O. The molecular formula is C10H11NO3. The van der Waals surface area contributed by atoms with Gasteiger partial charge in [0.05, 0.1) is 6.61 Å². The van der Waals surface area contributed by atoms with Crippen molar-refractivity contribution in [1.82, 2.24) is 4.98 Å². The van der Waals surface area contributed by atoms with Crippen molar-refractivity contribution in [3.05, 3.63) is 40.3 Å². The topological polar surface area (TPSA) is 59.2 Å². The van der Waals surface area contributed by atoms with E-state index in [2.05, 4.69) is 9.72 Å². The molecule has 74 valence electrons. The van der Waals surface area contributed by atoms with Crippen LogP contribution in [0.1, 0.15) is 12.5 Å². The number of hydrogen-bond donors (Lipinski definition) is 1. The van der Waals surface area contributed by atoms with Gasteiger partial charge in [0.1, 0.15) is 0 Å². The largest absolute Gasteiger partial charge is 0.463 e. The molecule has 0 aliphatic heterocycles. The Kier molecular flexibility index (Phi) is 3.67. The Morgan fingerprint density at radius 2 is 2.43 bits per heavy atom. The van der Waals surface area contributed by atoms with Crippen molar-refractivity contribution in [2.75, 3.05) is 6.61 Å². The van der Waals surface area contributed by atoms with Crippen LogP contribution in [0, 0.1) is 0 Å². The van der Waals surface area contributed by atoms with Gasteiger partial charge in [-0.15, -0.1) is 0 Å². The summed E-state index contributed by atoms with van der Waals surface area (Å²) in [5.74, 6) is -0.448. The lowest BCUT2D eigenvalue weighted by Gasteiger charge is -1.94. The normalized spacial score (nSPS) is 10.4. The van der Waals surface area contributed by atoms with Crippen LogP contribution in [0.25, 0.3) is 6.08 Å². The number of rotatable bonds is 3. The number of ether oxygens (including phenoxy) is 1. The van der Waals surface area contributed by atoms with E-state index in [0.29, 0.717) is 12.2 Å². The Bertz CT molecular complexity index is 392. The highest BCUT2D eigenvalue weighted by molar-refractivity contribution is 5.86. The molecule has 0 atom stereocenters. The molecule has 4 nitrogen and oxygen atoms in total. The standard InChI is InChI=1S/C10H11NO3/c1-2-14-10(13)4-3-8-7-11-6-5-9(8)12/h3-7H,2H2,1H3,(H,11,12). The van der Waals surface area contributed by atoms with Crippen LogP contribution in [0.4, 0.5) is 0 Å². The molecule has 0 radical (unpaired) electrons. The van der Waals surface area contributed by atoms with Gasteiger partial charge in [0.15, 0.2) is 5.43 Å².